The van der Waals surface area contributed by atoms with E-state index < -0.39 is 0 Å². The maximum absolute atomic E-state index is 5.73. The first-order valence-electron chi connectivity index (χ1n) is 8.18. The fourth-order valence-corrected chi connectivity index (χ4v) is 4.17. The Kier molecular flexibility index (Phi) is 5.97. The van der Waals surface area contributed by atoms with Crippen molar-refractivity contribution >= 4 is 0 Å². The second-order valence-corrected chi connectivity index (χ2v) is 6.18. The maximum atomic E-state index is 5.73. The zero-order valence-corrected chi connectivity index (χ0v) is 12.3. The molecule has 0 spiro atoms. The van der Waals surface area contributed by atoms with Gasteiger partial charge in [-0.05, 0) is 43.6 Å². The maximum Gasteiger partial charge on any atom is 0.0509 e. The van der Waals surface area contributed by atoms with Crippen molar-refractivity contribution in [2.24, 2.45) is 17.8 Å². The summed E-state index contributed by atoms with van der Waals surface area (Å²) in [6.45, 7) is 7.71. The van der Waals surface area contributed by atoms with Gasteiger partial charge in [0.15, 0.2) is 0 Å². The molecule has 2 aliphatic rings. The molecule has 1 heterocycles. The lowest BCUT2D eigenvalue weighted by Gasteiger charge is -2.42. The van der Waals surface area contributed by atoms with Gasteiger partial charge < -0.3 is 10.1 Å². The third-order valence-corrected chi connectivity index (χ3v) is 5.10. The molecule has 18 heavy (non-hydrogen) atoms. The molecule has 0 radical (unpaired) electrons. The Bertz CT molecular complexity index is 225. The highest BCUT2D eigenvalue weighted by molar-refractivity contribution is 4.89. The molecule has 4 unspecified atom stereocenters. The van der Waals surface area contributed by atoms with E-state index in [2.05, 4.69) is 19.2 Å². The molecule has 0 bridgehead atoms. The fourth-order valence-electron chi connectivity index (χ4n) is 4.17. The summed E-state index contributed by atoms with van der Waals surface area (Å²) in [6, 6.07) is 0.709. The molecule has 2 nitrogen and oxygen atoms in total. The average molecular weight is 253 g/mol. The van der Waals surface area contributed by atoms with Crippen molar-refractivity contribution in [3.05, 3.63) is 0 Å². The topological polar surface area (TPSA) is 21.3 Å². The van der Waals surface area contributed by atoms with Crippen molar-refractivity contribution in [1.29, 1.82) is 0 Å². The van der Waals surface area contributed by atoms with Crippen LogP contribution in [0, 0.1) is 17.8 Å². The summed E-state index contributed by atoms with van der Waals surface area (Å²) in [5.74, 6) is 2.61. The lowest BCUT2D eigenvalue weighted by molar-refractivity contribution is 0.0154. The van der Waals surface area contributed by atoms with Gasteiger partial charge in [-0.15, -0.1) is 0 Å². The molecular weight excluding hydrogens is 222 g/mol. The van der Waals surface area contributed by atoms with Gasteiger partial charge in [-0.1, -0.05) is 39.5 Å². The Balaban J connectivity index is 2.01. The van der Waals surface area contributed by atoms with E-state index in [4.69, 9.17) is 4.74 Å². The zero-order chi connectivity index (χ0) is 12.8. The Morgan fingerprint density at radius 1 is 1.11 bits per heavy atom. The smallest absolute Gasteiger partial charge is 0.0509 e. The van der Waals surface area contributed by atoms with E-state index in [0.29, 0.717) is 6.04 Å². The summed E-state index contributed by atoms with van der Waals surface area (Å²) in [6.07, 6.45) is 9.77. The standard InChI is InChI=1S/C16H31NO/c1-3-13-8-5-6-10-15(13)16(17-4-2)14-9-7-11-18-12-14/h13-17H,3-12H2,1-2H3. The van der Waals surface area contributed by atoms with Crippen molar-refractivity contribution < 1.29 is 4.74 Å². The highest BCUT2D eigenvalue weighted by Gasteiger charge is 2.35. The normalized spacial score (nSPS) is 35.3. The van der Waals surface area contributed by atoms with E-state index in [1.807, 2.05) is 0 Å². The SMILES string of the molecule is CCNC(C1CCCOC1)C1CCCCC1CC. The van der Waals surface area contributed by atoms with Gasteiger partial charge in [0.2, 0.25) is 0 Å². The lowest BCUT2D eigenvalue weighted by Crippen LogP contribution is -2.48. The highest BCUT2D eigenvalue weighted by Crippen LogP contribution is 2.38. The monoisotopic (exact) mass is 253 g/mol. The molecule has 1 saturated heterocycles. The van der Waals surface area contributed by atoms with Crippen LogP contribution in [-0.4, -0.2) is 25.8 Å². The summed E-state index contributed by atoms with van der Waals surface area (Å²) < 4.78 is 5.73. The molecule has 2 rings (SSSR count). The van der Waals surface area contributed by atoms with Crippen molar-refractivity contribution in [3.8, 4) is 0 Å². The Hall–Kier alpha value is -0.0800. The van der Waals surface area contributed by atoms with Crippen LogP contribution in [-0.2, 0) is 4.74 Å². The predicted molar refractivity (Wildman–Crippen MR) is 76.7 cm³/mol. The van der Waals surface area contributed by atoms with E-state index >= 15 is 0 Å². The summed E-state index contributed by atoms with van der Waals surface area (Å²) in [5.41, 5.74) is 0. The van der Waals surface area contributed by atoms with Crippen LogP contribution >= 0.6 is 0 Å². The summed E-state index contributed by atoms with van der Waals surface area (Å²) in [5, 5.41) is 3.81. The molecule has 1 N–H and O–H groups in total. The lowest BCUT2D eigenvalue weighted by atomic mass is 9.70. The minimum Gasteiger partial charge on any atom is -0.381 e. The summed E-state index contributed by atoms with van der Waals surface area (Å²) >= 11 is 0. The van der Waals surface area contributed by atoms with E-state index in [0.717, 1.165) is 37.5 Å². The van der Waals surface area contributed by atoms with E-state index in [1.165, 1.54) is 44.9 Å². The Labute approximate surface area is 113 Å². The number of ether oxygens (including phenoxy) is 1. The second-order valence-electron chi connectivity index (χ2n) is 6.18. The minimum absolute atomic E-state index is 0.709. The molecule has 2 heteroatoms. The van der Waals surface area contributed by atoms with Gasteiger partial charge in [0.25, 0.3) is 0 Å². The molecule has 106 valence electrons. The number of nitrogens with one attached hydrogen (secondary N) is 1. The van der Waals surface area contributed by atoms with Crippen LogP contribution in [0.1, 0.15) is 58.8 Å². The van der Waals surface area contributed by atoms with Crippen LogP contribution in [0.4, 0.5) is 0 Å². The number of hydrogen-bond acceptors (Lipinski definition) is 2. The van der Waals surface area contributed by atoms with E-state index in [9.17, 15) is 0 Å². The Morgan fingerprint density at radius 3 is 2.61 bits per heavy atom. The van der Waals surface area contributed by atoms with Crippen molar-refractivity contribution in [2.75, 3.05) is 19.8 Å². The zero-order valence-electron chi connectivity index (χ0n) is 12.3. The van der Waals surface area contributed by atoms with Crippen LogP contribution in [0.25, 0.3) is 0 Å². The molecule has 1 saturated carbocycles. The molecule has 2 fully saturated rings. The van der Waals surface area contributed by atoms with Gasteiger partial charge >= 0.3 is 0 Å². The van der Waals surface area contributed by atoms with Gasteiger partial charge in [-0.25, -0.2) is 0 Å². The molecule has 0 amide bonds. The highest BCUT2D eigenvalue weighted by atomic mass is 16.5. The van der Waals surface area contributed by atoms with Crippen molar-refractivity contribution in [1.82, 2.24) is 5.32 Å². The fraction of sp³-hybridized carbons (Fsp3) is 1.00. The van der Waals surface area contributed by atoms with Gasteiger partial charge in [-0.3, -0.25) is 0 Å². The number of hydrogen-bond donors (Lipinski definition) is 1. The largest absolute Gasteiger partial charge is 0.381 e. The van der Waals surface area contributed by atoms with Gasteiger partial charge in [-0.2, -0.15) is 0 Å². The van der Waals surface area contributed by atoms with Crippen LogP contribution in [0.5, 0.6) is 0 Å². The third kappa shape index (κ3) is 3.48. The molecule has 0 aromatic rings. The average Bonchev–Trinajstić information content (AvgIpc) is 2.46. The van der Waals surface area contributed by atoms with Gasteiger partial charge in [0, 0.05) is 12.6 Å². The first-order valence-corrected chi connectivity index (χ1v) is 8.18. The molecule has 0 aromatic carbocycles. The van der Waals surface area contributed by atoms with E-state index in [-0.39, 0.29) is 0 Å². The molecular formula is C16H31NO. The van der Waals surface area contributed by atoms with Crippen LogP contribution in [0.2, 0.25) is 0 Å². The molecule has 1 aliphatic heterocycles. The first-order chi connectivity index (χ1) is 8.86. The summed E-state index contributed by atoms with van der Waals surface area (Å²) in [4.78, 5) is 0. The minimum atomic E-state index is 0.709. The van der Waals surface area contributed by atoms with E-state index in [1.54, 1.807) is 0 Å². The quantitative estimate of drug-likeness (QED) is 0.808. The Morgan fingerprint density at radius 2 is 1.94 bits per heavy atom. The van der Waals surface area contributed by atoms with Crippen molar-refractivity contribution in [3.63, 3.8) is 0 Å². The van der Waals surface area contributed by atoms with Gasteiger partial charge in [0.05, 0.1) is 6.61 Å². The first kappa shape index (κ1) is 14.3. The van der Waals surface area contributed by atoms with Crippen molar-refractivity contribution in [2.45, 2.75) is 64.8 Å². The predicted octanol–water partition coefficient (Wildman–Crippen LogP) is 3.61. The molecule has 4 atom stereocenters. The van der Waals surface area contributed by atoms with Crippen LogP contribution in [0.3, 0.4) is 0 Å². The van der Waals surface area contributed by atoms with Crippen LogP contribution < -0.4 is 5.32 Å². The molecule has 0 aromatic heterocycles. The summed E-state index contributed by atoms with van der Waals surface area (Å²) in [7, 11) is 0. The molecule has 1 aliphatic carbocycles. The number of rotatable bonds is 5. The van der Waals surface area contributed by atoms with Gasteiger partial charge in [0.1, 0.15) is 0 Å². The second kappa shape index (κ2) is 7.49. The third-order valence-electron chi connectivity index (χ3n) is 5.10. The van der Waals surface area contributed by atoms with Crippen LogP contribution in [0.15, 0.2) is 0 Å².